The maximum Gasteiger partial charge on any atom is 0.275 e. The molecule has 0 saturated heterocycles. The summed E-state index contributed by atoms with van der Waals surface area (Å²) in [6, 6.07) is 20.6. The molecule has 4 heteroatoms. The van der Waals surface area contributed by atoms with Crippen LogP contribution >= 0.6 is 0 Å². The minimum absolute atomic E-state index is 0.0667. The highest BCUT2D eigenvalue weighted by molar-refractivity contribution is 6.01. The van der Waals surface area contributed by atoms with Gasteiger partial charge in [0, 0.05) is 0 Å². The number of hydrogen-bond acceptors (Lipinski definition) is 3. The topological polar surface area (TPSA) is 61.7 Å². The Morgan fingerprint density at radius 2 is 1.64 bits per heavy atom. The number of carbonyl (C=O) groups is 1. The molecule has 25 heavy (non-hydrogen) atoms. The van der Waals surface area contributed by atoms with Gasteiger partial charge in [0.25, 0.3) is 5.91 Å². The van der Waals surface area contributed by atoms with E-state index in [1.165, 1.54) is 0 Å². The summed E-state index contributed by atoms with van der Waals surface area (Å²) in [5.74, 6) is -0.519. The first-order valence-corrected chi connectivity index (χ1v) is 7.92. The van der Waals surface area contributed by atoms with Crippen LogP contribution in [0.3, 0.4) is 0 Å². The maximum atomic E-state index is 12.2. The number of phenolic OH excluding ortho intramolecular Hbond substituents is 1. The predicted octanol–water partition coefficient (Wildman–Crippen LogP) is 4.36. The van der Waals surface area contributed by atoms with Gasteiger partial charge in [-0.25, -0.2) is 5.43 Å². The summed E-state index contributed by atoms with van der Waals surface area (Å²) >= 11 is 0. The zero-order chi connectivity index (χ0) is 17.6. The molecule has 0 aromatic heterocycles. The molecule has 0 aliphatic carbocycles. The lowest BCUT2D eigenvalue weighted by Crippen LogP contribution is -2.17. The maximum absolute atomic E-state index is 12.2. The van der Waals surface area contributed by atoms with Gasteiger partial charge in [-0.3, -0.25) is 4.79 Å². The van der Waals surface area contributed by atoms with Gasteiger partial charge in [-0.15, -0.1) is 0 Å². The molecule has 124 valence electrons. The minimum Gasteiger partial charge on any atom is -0.507 e. The van der Waals surface area contributed by atoms with Crippen molar-refractivity contribution in [3.05, 3.63) is 83.4 Å². The van der Waals surface area contributed by atoms with Gasteiger partial charge in [0.1, 0.15) is 5.75 Å². The summed E-state index contributed by atoms with van der Waals surface area (Å²) in [6.45, 7) is 1.90. The number of fused-ring (bicyclic) bond motifs is 1. The van der Waals surface area contributed by atoms with Gasteiger partial charge in [0.05, 0.1) is 11.8 Å². The van der Waals surface area contributed by atoms with Crippen molar-refractivity contribution in [3.8, 4) is 5.75 Å². The Hall–Kier alpha value is -3.40. The molecule has 0 aliphatic rings. The Kier molecular flexibility index (Phi) is 4.90. The smallest absolute Gasteiger partial charge is 0.275 e. The Labute approximate surface area is 146 Å². The third-order valence-corrected chi connectivity index (χ3v) is 3.74. The van der Waals surface area contributed by atoms with E-state index in [2.05, 4.69) is 10.5 Å². The Morgan fingerprint density at radius 1 is 1.00 bits per heavy atom. The molecule has 0 heterocycles. The number of benzene rings is 3. The van der Waals surface area contributed by atoms with Gasteiger partial charge in [-0.05, 0) is 41.0 Å². The van der Waals surface area contributed by atoms with E-state index >= 15 is 0 Å². The molecule has 0 unspecified atom stereocenters. The molecule has 4 nitrogen and oxygen atoms in total. The number of nitrogens with zero attached hydrogens (tertiary/aromatic N) is 1. The summed E-state index contributed by atoms with van der Waals surface area (Å²) in [5, 5.41) is 15.8. The van der Waals surface area contributed by atoms with Gasteiger partial charge < -0.3 is 5.11 Å². The van der Waals surface area contributed by atoms with E-state index in [4.69, 9.17) is 0 Å². The van der Waals surface area contributed by atoms with Crippen LogP contribution in [0.25, 0.3) is 16.8 Å². The third kappa shape index (κ3) is 4.12. The average molecular weight is 330 g/mol. The first-order chi connectivity index (χ1) is 12.1. The molecular formula is C21H18N2O2. The lowest BCUT2D eigenvalue weighted by Gasteiger charge is -2.05. The van der Waals surface area contributed by atoms with Crippen molar-refractivity contribution in [3.63, 3.8) is 0 Å². The lowest BCUT2D eigenvalue weighted by atomic mass is 10.1. The van der Waals surface area contributed by atoms with Crippen molar-refractivity contribution in [2.24, 2.45) is 5.10 Å². The molecule has 1 amide bonds. The average Bonchev–Trinajstić information content (AvgIpc) is 2.61. The van der Waals surface area contributed by atoms with Crippen LogP contribution in [0.5, 0.6) is 5.75 Å². The Balaban J connectivity index is 1.72. The van der Waals surface area contributed by atoms with Crippen molar-refractivity contribution in [2.75, 3.05) is 0 Å². The fourth-order valence-electron chi connectivity index (χ4n) is 2.51. The van der Waals surface area contributed by atoms with Crippen LogP contribution in [0.1, 0.15) is 22.8 Å². The molecule has 0 aliphatic heterocycles. The van der Waals surface area contributed by atoms with Crippen molar-refractivity contribution in [1.29, 1.82) is 0 Å². The normalized spacial score (nSPS) is 11.8. The van der Waals surface area contributed by atoms with Crippen LogP contribution in [0.2, 0.25) is 0 Å². The zero-order valence-corrected chi connectivity index (χ0v) is 13.8. The highest BCUT2D eigenvalue weighted by Gasteiger charge is 2.11. The van der Waals surface area contributed by atoms with Gasteiger partial charge in [0.15, 0.2) is 0 Å². The predicted molar refractivity (Wildman–Crippen MR) is 102 cm³/mol. The number of aromatic hydroxyl groups is 1. The number of carbonyl (C=O) groups excluding carboxylic acids is 1. The van der Waals surface area contributed by atoms with Crippen LogP contribution in [-0.2, 0) is 0 Å². The first-order valence-electron chi connectivity index (χ1n) is 7.92. The van der Waals surface area contributed by atoms with E-state index in [-0.39, 0.29) is 11.3 Å². The van der Waals surface area contributed by atoms with Crippen molar-refractivity contribution < 1.29 is 9.90 Å². The molecule has 3 rings (SSSR count). The second-order valence-corrected chi connectivity index (χ2v) is 5.71. The molecule has 0 bridgehead atoms. The second-order valence-electron chi connectivity index (χ2n) is 5.71. The van der Waals surface area contributed by atoms with E-state index in [0.717, 1.165) is 21.9 Å². The quantitative estimate of drug-likeness (QED) is 0.551. The van der Waals surface area contributed by atoms with Crippen LogP contribution in [0.4, 0.5) is 0 Å². The Morgan fingerprint density at radius 3 is 2.36 bits per heavy atom. The van der Waals surface area contributed by atoms with Crippen molar-refractivity contribution in [1.82, 2.24) is 5.43 Å². The van der Waals surface area contributed by atoms with Crippen LogP contribution in [-0.4, -0.2) is 17.2 Å². The number of hydrogen-bond donors (Lipinski definition) is 2. The number of nitrogens with one attached hydrogen (secondary N) is 1. The first kappa shape index (κ1) is 16.5. The molecule has 0 radical (unpaired) electrons. The SMILES string of the molecule is CC(C=NNC(=O)c1cc2ccccc2cc1O)=Cc1ccccc1. The molecule has 3 aromatic rings. The summed E-state index contributed by atoms with van der Waals surface area (Å²) in [5.41, 5.74) is 4.60. The second kappa shape index (κ2) is 7.45. The van der Waals surface area contributed by atoms with Crippen molar-refractivity contribution >= 4 is 29.0 Å². The molecule has 2 N–H and O–H groups in total. The highest BCUT2D eigenvalue weighted by Crippen LogP contribution is 2.24. The number of hydrazone groups is 1. The summed E-state index contributed by atoms with van der Waals surface area (Å²) in [6.07, 6.45) is 3.53. The molecule has 0 saturated carbocycles. The van der Waals surface area contributed by atoms with Crippen LogP contribution < -0.4 is 5.43 Å². The summed E-state index contributed by atoms with van der Waals surface area (Å²) in [4.78, 5) is 12.2. The highest BCUT2D eigenvalue weighted by atomic mass is 16.3. The lowest BCUT2D eigenvalue weighted by molar-refractivity contribution is 0.0952. The van der Waals surface area contributed by atoms with E-state index in [0.29, 0.717) is 0 Å². The van der Waals surface area contributed by atoms with Gasteiger partial charge >= 0.3 is 0 Å². The van der Waals surface area contributed by atoms with Gasteiger partial charge in [-0.1, -0.05) is 60.7 Å². The minimum atomic E-state index is -0.452. The molecule has 0 spiro atoms. The summed E-state index contributed by atoms with van der Waals surface area (Å²) in [7, 11) is 0. The standard InChI is InChI=1S/C21H18N2O2/c1-15(11-16-7-3-2-4-8-16)14-22-23-21(25)19-12-17-9-5-6-10-18(17)13-20(19)24/h2-14,24H,1H3,(H,23,25). The molecule has 0 fully saturated rings. The molecular weight excluding hydrogens is 312 g/mol. The molecule has 3 aromatic carbocycles. The number of allylic oxidation sites excluding steroid dienone is 1. The van der Waals surface area contributed by atoms with E-state index in [9.17, 15) is 9.90 Å². The molecule has 0 atom stereocenters. The van der Waals surface area contributed by atoms with Crippen LogP contribution in [0, 0.1) is 0 Å². The monoisotopic (exact) mass is 330 g/mol. The third-order valence-electron chi connectivity index (χ3n) is 3.74. The largest absolute Gasteiger partial charge is 0.507 e. The van der Waals surface area contributed by atoms with Gasteiger partial charge in [-0.2, -0.15) is 5.10 Å². The van der Waals surface area contributed by atoms with E-state index in [1.807, 2.05) is 67.6 Å². The number of amides is 1. The number of phenols is 1. The Bertz CT molecular complexity index is 960. The van der Waals surface area contributed by atoms with Crippen LogP contribution in [0.15, 0.2) is 77.4 Å². The van der Waals surface area contributed by atoms with Crippen molar-refractivity contribution in [2.45, 2.75) is 6.92 Å². The summed E-state index contributed by atoms with van der Waals surface area (Å²) < 4.78 is 0. The fourth-order valence-corrected chi connectivity index (χ4v) is 2.51. The zero-order valence-electron chi connectivity index (χ0n) is 13.8. The fraction of sp³-hybridized carbons (Fsp3) is 0.0476. The van der Waals surface area contributed by atoms with Gasteiger partial charge in [0.2, 0.25) is 0 Å². The number of rotatable bonds is 4. The van der Waals surface area contributed by atoms with E-state index in [1.54, 1.807) is 18.3 Å². The van der Waals surface area contributed by atoms with E-state index < -0.39 is 5.91 Å².